The zero-order chi connectivity index (χ0) is 14.7. The third-order valence-corrected chi connectivity index (χ3v) is 8.68. The van der Waals surface area contributed by atoms with Gasteiger partial charge in [0.1, 0.15) is 0 Å². The lowest BCUT2D eigenvalue weighted by Gasteiger charge is -2.41. The van der Waals surface area contributed by atoms with Crippen molar-refractivity contribution < 1.29 is 9.53 Å². The summed E-state index contributed by atoms with van der Waals surface area (Å²) in [4.78, 5) is 0. The van der Waals surface area contributed by atoms with Crippen molar-refractivity contribution in [2.75, 3.05) is 0 Å². The van der Waals surface area contributed by atoms with Crippen LogP contribution in [-0.4, -0.2) is 25.6 Å². The van der Waals surface area contributed by atoms with Gasteiger partial charge in [-0.3, -0.25) is 0 Å². The smallest absolute Gasteiger partial charge is 0.192 e. The zero-order valence-electron chi connectivity index (χ0n) is 13.4. The van der Waals surface area contributed by atoms with Gasteiger partial charge in [-0.15, -0.1) is 6.58 Å². The van der Waals surface area contributed by atoms with Crippen LogP contribution in [0, 0.1) is 11.8 Å². The highest BCUT2D eigenvalue weighted by molar-refractivity contribution is 6.74. The molecule has 2 nitrogen and oxygen atoms in total. The monoisotopic (exact) mass is 272 g/mol. The molecule has 0 radical (unpaired) electrons. The summed E-state index contributed by atoms with van der Waals surface area (Å²) in [5, 5.41) is 10.4. The van der Waals surface area contributed by atoms with Gasteiger partial charge >= 0.3 is 0 Å². The van der Waals surface area contributed by atoms with Gasteiger partial charge in [0, 0.05) is 5.92 Å². The van der Waals surface area contributed by atoms with Gasteiger partial charge in [0.15, 0.2) is 8.32 Å². The Bertz CT molecular complexity index is 266. The molecular formula is C15H32O2Si. The fourth-order valence-corrected chi connectivity index (χ4v) is 3.03. The van der Waals surface area contributed by atoms with Gasteiger partial charge in [-0.25, -0.2) is 0 Å². The molecule has 0 aromatic heterocycles. The third kappa shape index (κ3) is 4.52. The van der Waals surface area contributed by atoms with Crippen molar-refractivity contribution in [2.45, 2.75) is 71.9 Å². The van der Waals surface area contributed by atoms with Crippen LogP contribution in [0.1, 0.15) is 41.5 Å². The number of aliphatic hydroxyl groups is 1. The largest absolute Gasteiger partial charge is 0.410 e. The molecule has 108 valence electrons. The molecule has 0 saturated heterocycles. The van der Waals surface area contributed by atoms with E-state index in [1.54, 1.807) is 0 Å². The summed E-state index contributed by atoms with van der Waals surface area (Å²) in [5.41, 5.74) is 0. The highest BCUT2D eigenvalue weighted by Gasteiger charge is 2.40. The first kappa shape index (κ1) is 17.9. The summed E-state index contributed by atoms with van der Waals surface area (Å²) in [6.07, 6.45) is 1.43. The molecule has 0 aliphatic carbocycles. The van der Waals surface area contributed by atoms with Crippen LogP contribution < -0.4 is 0 Å². The Morgan fingerprint density at radius 3 is 1.89 bits per heavy atom. The van der Waals surface area contributed by atoms with Crippen molar-refractivity contribution in [1.82, 2.24) is 0 Å². The van der Waals surface area contributed by atoms with E-state index in [2.05, 4.69) is 40.4 Å². The van der Waals surface area contributed by atoms with E-state index in [1.165, 1.54) is 0 Å². The van der Waals surface area contributed by atoms with E-state index in [0.717, 1.165) is 0 Å². The molecule has 0 bridgehead atoms. The summed E-state index contributed by atoms with van der Waals surface area (Å²) in [5.74, 6) is 0.321. The van der Waals surface area contributed by atoms with E-state index in [9.17, 15) is 5.11 Å². The van der Waals surface area contributed by atoms with Crippen LogP contribution in [0.25, 0.3) is 0 Å². The van der Waals surface area contributed by atoms with Crippen molar-refractivity contribution in [2.24, 2.45) is 11.8 Å². The summed E-state index contributed by atoms with van der Waals surface area (Å²) >= 11 is 0. The van der Waals surface area contributed by atoms with Crippen LogP contribution in [0.3, 0.4) is 0 Å². The highest BCUT2D eigenvalue weighted by Crippen LogP contribution is 2.38. The summed E-state index contributed by atoms with van der Waals surface area (Å²) in [7, 11) is -1.81. The Kier molecular flexibility index (Phi) is 6.31. The average molecular weight is 273 g/mol. The molecule has 0 aliphatic rings. The quantitative estimate of drug-likeness (QED) is 0.579. The van der Waals surface area contributed by atoms with E-state index in [4.69, 9.17) is 4.43 Å². The Morgan fingerprint density at radius 2 is 1.61 bits per heavy atom. The van der Waals surface area contributed by atoms with Gasteiger partial charge in [-0.05, 0) is 24.1 Å². The van der Waals surface area contributed by atoms with Crippen LogP contribution in [0.15, 0.2) is 12.7 Å². The zero-order valence-corrected chi connectivity index (χ0v) is 14.4. The molecule has 0 fully saturated rings. The molecule has 18 heavy (non-hydrogen) atoms. The molecule has 3 atom stereocenters. The average Bonchev–Trinajstić information content (AvgIpc) is 2.22. The minimum atomic E-state index is -1.81. The molecule has 0 aromatic carbocycles. The molecule has 0 unspecified atom stereocenters. The lowest BCUT2D eigenvalue weighted by Crippen LogP contribution is -2.47. The van der Waals surface area contributed by atoms with E-state index < -0.39 is 8.32 Å². The van der Waals surface area contributed by atoms with Crippen LogP contribution >= 0.6 is 0 Å². The van der Waals surface area contributed by atoms with Crippen LogP contribution in [0.5, 0.6) is 0 Å². The van der Waals surface area contributed by atoms with Crippen molar-refractivity contribution in [1.29, 1.82) is 0 Å². The maximum absolute atomic E-state index is 10.2. The topological polar surface area (TPSA) is 29.5 Å². The Hall–Kier alpha value is -0.123. The number of hydrogen-bond donors (Lipinski definition) is 1. The highest BCUT2D eigenvalue weighted by atomic mass is 28.4. The van der Waals surface area contributed by atoms with Crippen molar-refractivity contribution >= 4 is 8.32 Å². The second-order valence-electron chi connectivity index (χ2n) is 7.17. The van der Waals surface area contributed by atoms with E-state index in [0.29, 0.717) is 0 Å². The number of hydrogen-bond acceptors (Lipinski definition) is 2. The molecule has 0 saturated carbocycles. The molecule has 0 heterocycles. The molecule has 0 spiro atoms. The van der Waals surface area contributed by atoms with Crippen LogP contribution in [0.2, 0.25) is 18.1 Å². The van der Waals surface area contributed by atoms with Crippen molar-refractivity contribution in [3.8, 4) is 0 Å². The normalized spacial score (nSPS) is 18.6. The lowest BCUT2D eigenvalue weighted by atomic mass is 9.90. The van der Waals surface area contributed by atoms with Crippen molar-refractivity contribution in [3.05, 3.63) is 12.7 Å². The lowest BCUT2D eigenvalue weighted by molar-refractivity contribution is 0.0213. The Labute approximate surface area is 115 Å². The Morgan fingerprint density at radius 1 is 1.17 bits per heavy atom. The van der Waals surface area contributed by atoms with Crippen LogP contribution in [0.4, 0.5) is 0 Å². The van der Waals surface area contributed by atoms with Gasteiger partial charge < -0.3 is 9.53 Å². The maximum atomic E-state index is 10.2. The fraction of sp³-hybridized carbons (Fsp3) is 0.867. The van der Waals surface area contributed by atoms with Gasteiger partial charge in [-0.1, -0.05) is 47.6 Å². The first-order valence-electron chi connectivity index (χ1n) is 6.92. The van der Waals surface area contributed by atoms with E-state index in [-0.39, 0.29) is 29.1 Å². The SMILES string of the molecule is C=C[C@@H](O[Si](C)(C)C(C)(C)C)[C@H](C)[C@H](O)C(C)C. The summed E-state index contributed by atoms with van der Waals surface area (Å²) in [6, 6.07) is 0. The summed E-state index contributed by atoms with van der Waals surface area (Å²) in [6.45, 7) is 21.1. The maximum Gasteiger partial charge on any atom is 0.192 e. The predicted octanol–water partition coefficient (Wildman–Crippen LogP) is 4.22. The van der Waals surface area contributed by atoms with Gasteiger partial charge in [0.2, 0.25) is 0 Å². The molecule has 0 aliphatic heterocycles. The molecule has 1 N–H and O–H groups in total. The Balaban J connectivity index is 4.87. The third-order valence-electron chi connectivity index (χ3n) is 4.21. The molecular weight excluding hydrogens is 240 g/mol. The molecule has 0 amide bonds. The second-order valence-corrected chi connectivity index (χ2v) is 11.9. The number of rotatable bonds is 6. The van der Waals surface area contributed by atoms with E-state index in [1.807, 2.05) is 26.8 Å². The van der Waals surface area contributed by atoms with Gasteiger partial charge in [-0.2, -0.15) is 0 Å². The molecule has 0 rings (SSSR count). The minimum absolute atomic E-state index is 0.0664. The number of aliphatic hydroxyl groups excluding tert-OH is 1. The molecule has 3 heteroatoms. The van der Waals surface area contributed by atoms with Gasteiger partial charge in [0.25, 0.3) is 0 Å². The predicted molar refractivity (Wildman–Crippen MR) is 82.3 cm³/mol. The summed E-state index contributed by atoms with van der Waals surface area (Å²) < 4.78 is 6.35. The second kappa shape index (κ2) is 6.35. The minimum Gasteiger partial charge on any atom is -0.410 e. The van der Waals surface area contributed by atoms with Crippen LogP contribution in [-0.2, 0) is 4.43 Å². The fourth-order valence-electron chi connectivity index (χ4n) is 1.69. The van der Waals surface area contributed by atoms with Gasteiger partial charge in [0.05, 0.1) is 12.2 Å². The molecule has 0 aromatic rings. The standard InChI is InChI=1S/C15H32O2Si/c1-10-13(12(4)14(16)11(2)3)17-18(8,9)15(5,6)7/h10-14,16H,1H2,2-9H3/t12-,13+,14+/m0/s1. The van der Waals surface area contributed by atoms with Crippen molar-refractivity contribution in [3.63, 3.8) is 0 Å². The van der Waals surface area contributed by atoms with E-state index >= 15 is 0 Å². The first-order chi connectivity index (χ1) is 7.94. The first-order valence-corrected chi connectivity index (χ1v) is 9.83.